The van der Waals surface area contributed by atoms with Crippen molar-refractivity contribution in [1.29, 1.82) is 0 Å². The molecule has 0 fully saturated rings. The Labute approximate surface area is 109 Å². The predicted octanol–water partition coefficient (Wildman–Crippen LogP) is 2.11. The van der Waals surface area contributed by atoms with Gasteiger partial charge in [-0.05, 0) is 19.1 Å². The molecule has 0 atom stereocenters. The van der Waals surface area contributed by atoms with Crippen molar-refractivity contribution in [3.05, 3.63) is 45.9 Å². The van der Waals surface area contributed by atoms with Gasteiger partial charge in [0.1, 0.15) is 11.6 Å². The maximum absolute atomic E-state index is 11.0. The summed E-state index contributed by atoms with van der Waals surface area (Å²) in [5.41, 5.74) is 6.46. The summed E-state index contributed by atoms with van der Waals surface area (Å²) in [6.45, 7) is 2.30. The molecule has 0 aliphatic heterocycles. The molecule has 0 saturated carbocycles. The molecule has 19 heavy (non-hydrogen) atoms. The summed E-state index contributed by atoms with van der Waals surface area (Å²) < 4.78 is 5.20. The average Bonchev–Trinajstić information content (AvgIpc) is 2.74. The van der Waals surface area contributed by atoms with Crippen LogP contribution in [0.4, 0.5) is 17.3 Å². The second-order valence-electron chi connectivity index (χ2n) is 4.19. The van der Waals surface area contributed by atoms with Gasteiger partial charge in [-0.2, -0.15) is 0 Å². The fraction of sp³-hybridized carbons (Fsp3) is 0.250. The quantitative estimate of drug-likeness (QED) is 0.669. The minimum absolute atomic E-state index is 0.0714. The van der Waals surface area contributed by atoms with Gasteiger partial charge >= 0.3 is 5.69 Å². The number of nitrogens with zero attached hydrogens (tertiary/aromatic N) is 3. The van der Waals surface area contributed by atoms with Gasteiger partial charge in [-0.1, -0.05) is 0 Å². The Morgan fingerprint density at radius 2 is 2.21 bits per heavy atom. The number of furan rings is 1. The molecule has 100 valence electrons. The number of hydrogen-bond donors (Lipinski definition) is 1. The van der Waals surface area contributed by atoms with Crippen LogP contribution < -0.4 is 10.6 Å². The van der Waals surface area contributed by atoms with Crippen molar-refractivity contribution in [3.8, 4) is 0 Å². The first-order chi connectivity index (χ1) is 8.99. The smallest absolute Gasteiger partial charge is 0.311 e. The fourth-order valence-corrected chi connectivity index (χ4v) is 1.78. The molecule has 7 heteroatoms. The molecule has 2 rings (SSSR count). The number of pyridine rings is 1. The van der Waals surface area contributed by atoms with E-state index in [1.165, 1.54) is 12.1 Å². The molecule has 0 aromatic carbocycles. The van der Waals surface area contributed by atoms with Crippen molar-refractivity contribution in [2.24, 2.45) is 0 Å². The van der Waals surface area contributed by atoms with Crippen LogP contribution in [0.3, 0.4) is 0 Å². The Hall–Kier alpha value is -2.57. The lowest BCUT2D eigenvalue weighted by Gasteiger charge is -2.17. The van der Waals surface area contributed by atoms with Crippen LogP contribution >= 0.6 is 0 Å². The van der Waals surface area contributed by atoms with Crippen LogP contribution in [0, 0.1) is 17.0 Å². The zero-order valence-corrected chi connectivity index (χ0v) is 10.7. The fourth-order valence-electron chi connectivity index (χ4n) is 1.78. The Balaban J connectivity index is 2.32. The molecular weight excluding hydrogens is 248 g/mol. The molecule has 0 aliphatic carbocycles. The van der Waals surface area contributed by atoms with Crippen LogP contribution in [0.15, 0.2) is 28.9 Å². The molecule has 0 amide bonds. The summed E-state index contributed by atoms with van der Waals surface area (Å²) in [4.78, 5) is 16.2. The molecule has 2 heterocycles. The van der Waals surface area contributed by atoms with Crippen molar-refractivity contribution in [2.75, 3.05) is 17.7 Å². The number of nitrogens with two attached hydrogens (primary N) is 1. The summed E-state index contributed by atoms with van der Waals surface area (Å²) >= 11 is 0. The highest BCUT2D eigenvalue weighted by molar-refractivity contribution is 5.60. The van der Waals surface area contributed by atoms with E-state index in [2.05, 4.69) is 4.98 Å². The molecule has 0 saturated heterocycles. The van der Waals surface area contributed by atoms with Gasteiger partial charge in [0.15, 0.2) is 0 Å². The van der Waals surface area contributed by atoms with Gasteiger partial charge in [0.05, 0.1) is 11.2 Å². The molecule has 0 bridgehead atoms. The molecule has 0 unspecified atom stereocenters. The lowest BCUT2D eigenvalue weighted by Crippen LogP contribution is -2.19. The van der Waals surface area contributed by atoms with E-state index in [0.29, 0.717) is 6.54 Å². The van der Waals surface area contributed by atoms with Crippen molar-refractivity contribution in [1.82, 2.24) is 4.98 Å². The first-order valence-electron chi connectivity index (χ1n) is 5.64. The second-order valence-corrected chi connectivity index (χ2v) is 4.19. The van der Waals surface area contributed by atoms with E-state index in [9.17, 15) is 10.1 Å². The number of aryl methyl sites for hydroxylation is 1. The van der Waals surface area contributed by atoms with Crippen LogP contribution in [0.2, 0.25) is 0 Å². The van der Waals surface area contributed by atoms with Gasteiger partial charge < -0.3 is 15.1 Å². The number of hydrogen-bond acceptors (Lipinski definition) is 6. The van der Waals surface area contributed by atoms with Gasteiger partial charge in [0.25, 0.3) is 0 Å². The number of nitro groups is 1. The van der Waals surface area contributed by atoms with Gasteiger partial charge in [0.2, 0.25) is 5.82 Å². The van der Waals surface area contributed by atoms with Crippen LogP contribution in [0.25, 0.3) is 0 Å². The second kappa shape index (κ2) is 4.97. The predicted molar refractivity (Wildman–Crippen MR) is 70.9 cm³/mol. The summed E-state index contributed by atoms with van der Waals surface area (Å²) in [6, 6.07) is 4.60. The van der Waals surface area contributed by atoms with Crippen LogP contribution in [-0.2, 0) is 6.54 Å². The number of anilines is 2. The zero-order valence-electron chi connectivity index (χ0n) is 10.7. The molecular formula is C12H14N4O3. The number of rotatable bonds is 4. The van der Waals surface area contributed by atoms with Crippen molar-refractivity contribution < 1.29 is 9.34 Å². The maximum atomic E-state index is 11.0. The average molecular weight is 262 g/mol. The van der Waals surface area contributed by atoms with Gasteiger partial charge in [-0.15, -0.1) is 0 Å². The number of aromatic nitrogens is 1. The third-order valence-corrected chi connectivity index (χ3v) is 2.81. The van der Waals surface area contributed by atoms with Crippen molar-refractivity contribution in [3.63, 3.8) is 0 Å². The molecule has 0 spiro atoms. The van der Waals surface area contributed by atoms with Crippen molar-refractivity contribution in [2.45, 2.75) is 13.5 Å². The lowest BCUT2D eigenvalue weighted by atomic mass is 10.2. The lowest BCUT2D eigenvalue weighted by molar-refractivity contribution is -0.384. The topological polar surface area (TPSA) is 98.4 Å². The third kappa shape index (κ3) is 2.65. The Morgan fingerprint density at radius 3 is 2.79 bits per heavy atom. The minimum atomic E-state index is -0.472. The number of nitrogen functional groups attached to an aromatic ring is 1. The largest absolute Gasteiger partial charge is 0.469 e. The first kappa shape index (κ1) is 12.9. The Bertz CT molecular complexity index is 609. The minimum Gasteiger partial charge on any atom is -0.469 e. The molecule has 2 aromatic heterocycles. The standard InChI is InChI=1S/C12H14N4O3/c1-8-9(5-6-19-8)7-15(2)12-10(16(17)18)3-4-11(13)14-12/h3-6H,7H2,1-2H3,(H2,13,14). The van der Waals surface area contributed by atoms with Gasteiger partial charge in [0, 0.05) is 25.2 Å². The van der Waals surface area contributed by atoms with Crippen LogP contribution in [-0.4, -0.2) is 17.0 Å². The molecule has 0 aliphatic rings. The van der Waals surface area contributed by atoms with E-state index >= 15 is 0 Å². The van der Waals surface area contributed by atoms with Crippen molar-refractivity contribution >= 4 is 17.3 Å². The third-order valence-electron chi connectivity index (χ3n) is 2.81. The van der Waals surface area contributed by atoms with E-state index in [0.717, 1.165) is 11.3 Å². The zero-order chi connectivity index (χ0) is 14.0. The monoisotopic (exact) mass is 262 g/mol. The maximum Gasteiger partial charge on any atom is 0.311 e. The molecule has 2 aromatic rings. The van der Waals surface area contributed by atoms with Crippen LogP contribution in [0.5, 0.6) is 0 Å². The molecule has 0 radical (unpaired) electrons. The highest BCUT2D eigenvalue weighted by Gasteiger charge is 2.20. The summed E-state index contributed by atoms with van der Waals surface area (Å²) in [7, 11) is 1.72. The Morgan fingerprint density at radius 1 is 1.47 bits per heavy atom. The highest BCUT2D eigenvalue weighted by atomic mass is 16.6. The van der Waals surface area contributed by atoms with Gasteiger partial charge in [-0.25, -0.2) is 4.98 Å². The van der Waals surface area contributed by atoms with E-state index in [1.807, 2.05) is 13.0 Å². The van der Waals surface area contributed by atoms with E-state index in [4.69, 9.17) is 10.2 Å². The van der Waals surface area contributed by atoms with Gasteiger partial charge in [-0.3, -0.25) is 10.1 Å². The molecule has 2 N–H and O–H groups in total. The highest BCUT2D eigenvalue weighted by Crippen LogP contribution is 2.27. The normalized spacial score (nSPS) is 10.4. The summed E-state index contributed by atoms with van der Waals surface area (Å²) in [5, 5.41) is 11.0. The van der Waals surface area contributed by atoms with E-state index < -0.39 is 4.92 Å². The SMILES string of the molecule is Cc1occc1CN(C)c1nc(N)ccc1[N+](=O)[O-]. The summed E-state index contributed by atoms with van der Waals surface area (Å²) in [6.07, 6.45) is 1.58. The first-order valence-corrected chi connectivity index (χ1v) is 5.64. The summed E-state index contributed by atoms with van der Waals surface area (Å²) in [5.74, 6) is 1.26. The van der Waals surface area contributed by atoms with Crippen LogP contribution in [0.1, 0.15) is 11.3 Å². The molecule has 7 nitrogen and oxygen atoms in total. The van der Waals surface area contributed by atoms with E-state index in [-0.39, 0.29) is 17.3 Å². The Kier molecular flexibility index (Phi) is 3.37. The van der Waals surface area contributed by atoms with E-state index in [1.54, 1.807) is 18.2 Å².